The summed E-state index contributed by atoms with van der Waals surface area (Å²) in [6.45, 7) is 7.54. The van der Waals surface area contributed by atoms with Crippen molar-refractivity contribution in [3.8, 4) is 5.75 Å². The lowest BCUT2D eigenvalue weighted by molar-refractivity contribution is 0.0664. The van der Waals surface area contributed by atoms with Gasteiger partial charge in [0.15, 0.2) is 0 Å². The van der Waals surface area contributed by atoms with E-state index in [1.807, 2.05) is 29.2 Å². The maximum atomic E-state index is 12.3. The number of hydrogen-bond acceptors (Lipinski definition) is 3. The molecule has 2 rings (SSSR count). The molecule has 1 saturated heterocycles. The third-order valence-electron chi connectivity index (χ3n) is 3.26. The van der Waals surface area contributed by atoms with Crippen molar-refractivity contribution in [1.82, 2.24) is 9.80 Å². The van der Waals surface area contributed by atoms with Crippen LogP contribution in [0.25, 0.3) is 0 Å². The molecule has 1 aromatic rings. The van der Waals surface area contributed by atoms with E-state index in [1.54, 1.807) is 6.08 Å². The van der Waals surface area contributed by atoms with E-state index < -0.39 is 0 Å². The monoisotopic (exact) mass is 260 g/mol. The van der Waals surface area contributed by atoms with Gasteiger partial charge in [0.1, 0.15) is 12.4 Å². The van der Waals surface area contributed by atoms with Gasteiger partial charge in [-0.15, -0.1) is 0 Å². The van der Waals surface area contributed by atoms with Gasteiger partial charge < -0.3 is 14.5 Å². The zero-order chi connectivity index (χ0) is 13.7. The number of amides is 1. The van der Waals surface area contributed by atoms with Crippen LogP contribution in [0.15, 0.2) is 36.9 Å². The van der Waals surface area contributed by atoms with Crippen LogP contribution in [-0.4, -0.2) is 55.5 Å². The van der Waals surface area contributed by atoms with Gasteiger partial charge in [0.2, 0.25) is 0 Å². The Labute approximate surface area is 114 Å². The maximum absolute atomic E-state index is 12.3. The lowest BCUT2D eigenvalue weighted by Gasteiger charge is -2.32. The highest BCUT2D eigenvalue weighted by molar-refractivity contribution is 5.94. The fourth-order valence-corrected chi connectivity index (χ4v) is 2.04. The minimum absolute atomic E-state index is 0.100. The highest BCUT2D eigenvalue weighted by Gasteiger charge is 2.20. The van der Waals surface area contributed by atoms with Crippen molar-refractivity contribution >= 4 is 5.91 Å². The lowest BCUT2D eigenvalue weighted by atomic mass is 10.1. The van der Waals surface area contributed by atoms with Crippen LogP contribution in [0, 0.1) is 0 Å². The molecule has 4 nitrogen and oxygen atoms in total. The van der Waals surface area contributed by atoms with Gasteiger partial charge in [-0.25, -0.2) is 0 Å². The summed E-state index contributed by atoms with van der Waals surface area (Å²) in [6.07, 6.45) is 1.70. The van der Waals surface area contributed by atoms with Crippen molar-refractivity contribution in [2.45, 2.75) is 0 Å². The molecule has 0 aliphatic carbocycles. The quantitative estimate of drug-likeness (QED) is 0.772. The average Bonchev–Trinajstić information content (AvgIpc) is 2.46. The highest BCUT2D eigenvalue weighted by Crippen LogP contribution is 2.14. The Kier molecular flexibility index (Phi) is 4.58. The van der Waals surface area contributed by atoms with Crippen LogP contribution >= 0.6 is 0 Å². The Morgan fingerprint density at radius 1 is 1.26 bits per heavy atom. The van der Waals surface area contributed by atoms with Gasteiger partial charge >= 0.3 is 0 Å². The molecule has 1 aliphatic heterocycles. The van der Waals surface area contributed by atoms with Crippen LogP contribution in [0.1, 0.15) is 10.4 Å². The summed E-state index contributed by atoms with van der Waals surface area (Å²) >= 11 is 0. The molecule has 0 radical (unpaired) electrons. The number of rotatable bonds is 4. The summed E-state index contributed by atoms with van der Waals surface area (Å²) in [6, 6.07) is 7.29. The van der Waals surface area contributed by atoms with Crippen molar-refractivity contribution in [3.05, 3.63) is 42.5 Å². The molecule has 0 atom stereocenters. The molecule has 0 spiro atoms. The third-order valence-corrected chi connectivity index (χ3v) is 3.26. The van der Waals surface area contributed by atoms with Gasteiger partial charge in [0.25, 0.3) is 5.91 Å². The Hall–Kier alpha value is -1.81. The number of ether oxygens (including phenoxy) is 1. The van der Waals surface area contributed by atoms with E-state index in [0.29, 0.717) is 6.61 Å². The summed E-state index contributed by atoms with van der Waals surface area (Å²) < 4.78 is 5.40. The topological polar surface area (TPSA) is 32.8 Å². The molecular formula is C15H20N2O2. The second kappa shape index (κ2) is 6.38. The first-order valence-electron chi connectivity index (χ1n) is 6.52. The maximum Gasteiger partial charge on any atom is 0.253 e. The standard InChI is InChI=1S/C15H20N2O2/c1-3-12-19-14-6-4-13(5-7-14)15(18)17-10-8-16(2)9-11-17/h3-7H,1,8-12H2,2H3. The van der Waals surface area contributed by atoms with Crippen LogP contribution in [0.2, 0.25) is 0 Å². The summed E-state index contributed by atoms with van der Waals surface area (Å²) in [7, 11) is 2.08. The summed E-state index contributed by atoms with van der Waals surface area (Å²) in [4.78, 5) is 16.4. The summed E-state index contributed by atoms with van der Waals surface area (Å²) in [5.41, 5.74) is 0.718. The molecule has 102 valence electrons. The fraction of sp³-hybridized carbons (Fsp3) is 0.400. The van der Waals surface area contributed by atoms with Crippen molar-refractivity contribution in [1.29, 1.82) is 0 Å². The predicted octanol–water partition coefficient (Wildman–Crippen LogP) is 1.64. The van der Waals surface area contributed by atoms with E-state index in [9.17, 15) is 4.79 Å². The molecule has 0 aromatic heterocycles. The van der Waals surface area contributed by atoms with Gasteiger partial charge in [0, 0.05) is 31.7 Å². The molecule has 4 heteroatoms. The molecule has 1 amide bonds. The van der Waals surface area contributed by atoms with Crippen LogP contribution in [0.3, 0.4) is 0 Å². The smallest absolute Gasteiger partial charge is 0.253 e. The average molecular weight is 260 g/mol. The van der Waals surface area contributed by atoms with E-state index in [-0.39, 0.29) is 5.91 Å². The minimum Gasteiger partial charge on any atom is -0.490 e. The first-order valence-corrected chi connectivity index (χ1v) is 6.52. The first kappa shape index (κ1) is 13.6. The third kappa shape index (κ3) is 3.58. The SMILES string of the molecule is C=CCOc1ccc(C(=O)N2CCN(C)CC2)cc1. The second-order valence-corrected chi connectivity index (χ2v) is 4.72. The lowest BCUT2D eigenvalue weighted by Crippen LogP contribution is -2.47. The first-order chi connectivity index (χ1) is 9.20. The van der Waals surface area contributed by atoms with E-state index >= 15 is 0 Å². The molecular weight excluding hydrogens is 240 g/mol. The van der Waals surface area contributed by atoms with Crippen molar-refractivity contribution in [3.63, 3.8) is 0 Å². The predicted molar refractivity (Wildman–Crippen MR) is 75.5 cm³/mol. The molecule has 1 fully saturated rings. The molecule has 0 bridgehead atoms. The Morgan fingerprint density at radius 2 is 1.89 bits per heavy atom. The van der Waals surface area contributed by atoms with E-state index in [1.165, 1.54) is 0 Å². The summed E-state index contributed by atoms with van der Waals surface area (Å²) in [5, 5.41) is 0. The van der Waals surface area contributed by atoms with Crippen LogP contribution in [-0.2, 0) is 0 Å². The highest BCUT2D eigenvalue weighted by atomic mass is 16.5. The normalized spacial score (nSPS) is 16.2. The summed E-state index contributed by atoms with van der Waals surface area (Å²) in [5.74, 6) is 0.859. The zero-order valence-electron chi connectivity index (χ0n) is 11.3. The number of piperazine rings is 1. The zero-order valence-corrected chi connectivity index (χ0v) is 11.3. The Morgan fingerprint density at radius 3 is 2.47 bits per heavy atom. The van der Waals surface area contributed by atoms with Crippen LogP contribution < -0.4 is 4.74 Å². The van der Waals surface area contributed by atoms with Crippen molar-refractivity contribution < 1.29 is 9.53 Å². The molecule has 0 unspecified atom stereocenters. The number of carbonyl (C=O) groups is 1. The van der Waals surface area contributed by atoms with Crippen molar-refractivity contribution in [2.24, 2.45) is 0 Å². The van der Waals surface area contributed by atoms with Gasteiger partial charge in [0.05, 0.1) is 0 Å². The molecule has 0 N–H and O–H groups in total. The van der Waals surface area contributed by atoms with E-state index in [2.05, 4.69) is 18.5 Å². The van der Waals surface area contributed by atoms with Gasteiger partial charge in [-0.1, -0.05) is 12.7 Å². The molecule has 1 aromatic carbocycles. The van der Waals surface area contributed by atoms with E-state index in [0.717, 1.165) is 37.5 Å². The van der Waals surface area contributed by atoms with Gasteiger partial charge in [-0.3, -0.25) is 4.79 Å². The largest absolute Gasteiger partial charge is 0.490 e. The van der Waals surface area contributed by atoms with Crippen LogP contribution in [0.5, 0.6) is 5.75 Å². The van der Waals surface area contributed by atoms with E-state index in [4.69, 9.17) is 4.74 Å². The van der Waals surface area contributed by atoms with Crippen molar-refractivity contribution in [2.75, 3.05) is 39.8 Å². The molecule has 1 heterocycles. The fourth-order valence-electron chi connectivity index (χ4n) is 2.04. The second-order valence-electron chi connectivity index (χ2n) is 4.72. The van der Waals surface area contributed by atoms with Gasteiger partial charge in [-0.05, 0) is 31.3 Å². The Balaban J connectivity index is 1.97. The van der Waals surface area contributed by atoms with Gasteiger partial charge in [-0.2, -0.15) is 0 Å². The number of benzene rings is 1. The molecule has 1 aliphatic rings. The minimum atomic E-state index is 0.100. The molecule has 0 saturated carbocycles. The number of hydrogen-bond donors (Lipinski definition) is 0. The Bertz CT molecular complexity index is 434. The number of nitrogens with zero attached hydrogens (tertiary/aromatic N) is 2. The number of likely N-dealkylation sites (N-methyl/N-ethyl adjacent to an activating group) is 1. The van der Waals surface area contributed by atoms with Crippen LogP contribution in [0.4, 0.5) is 0 Å². The number of carbonyl (C=O) groups excluding carboxylic acids is 1. The molecule has 19 heavy (non-hydrogen) atoms.